The molecule has 7 heteroatoms. The highest BCUT2D eigenvalue weighted by molar-refractivity contribution is 6.05. The summed E-state index contributed by atoms with van der Waals surface area (Å²) in [5.41, 5.74) is 2.47. The minimum Gasteiger partial charge on any atom is -0.339 e. The summed E-state index contributed by atoms with van der Waals surface area (Å²) in [6, 6.07) is 2.66. The van der Waals surface area contributed by atoms with E-state index in [2.05, 4.69) is 19.6 Å². The number of rotatable bonds is 2. The first-order chi connectivity index (χ1) is 15.1. The van der Waals surface area contributed by atoms with Gasteiger partial charge in [-0.2, -0.15) is 5.10 Å². The number of nitrogens with zero attached hydrogens (tertiary/aromatic N) is 5. The molecule has 2 aromatic heterocycles. The Morgan fingerprint density at radius 2 is 1.94 bits per heavy atom. The first-order valence-electron chi connectivity index (χ1n) is 12.0. The molecular weight excluding hydrogens is 390 g/mol. The van der Waals surface area contributed by atoms with Crippen molar-refractivity contribution in [1.29, 1.82) is 0 Å². The summed E-state index contributed by atoms with van der Waals surface area (Å²) in [5.74, 6) is 1.21. The molecule has 0 aromatic carbocycles. The summed E-state index contributed by atoms with van der Waals surface area (Å²) in [4.78, 5) is 35.1. The molecule has 31 heavy (non-hydrogen) atoms. The van der Waals surface area contributed by atoms with E-state index in [1.54, 1.807) is 0 Å². The number of carbonyl (C=O) groups excluding carboxylic acids is 2. The Hall–Kier alpha value is -2.44. The van der Waals surface area contributed by atoms with Gasteiger partial charge in [-0.15, -0.1) is 0 Å². The van der Waals surface area contributed by atoms with Crippen LogP contribution in [0.2, 0.25) is 0 Å². The zero-order valence-electron chi connectivity index (χ0n) is 18.3. The minimum atomic E-state index is 0.103. The van der Waals surface area contributed by atoms with E-state index in [0.29, 0.717) is 36.2 Å². The second kappa shape index (κ2) is 7.31. The van der Waals surface area contributed by atoms with Gasteiger partial charge >= 0.3 is 0 Å². The number of likely N-dealkylation sites (tertiary alicyclic amines) is 1. The molecule has 3 saturated heterocycles. The molecule has 6 rings (SSSR count). The average molecular weight is 422 g/mol. The molecule has 0 spiro atoms. The third-order valence-corrected chi connectivity index (χ3v) is 8.06. The van der Waals surface area contributed by atoms with Crippen molar-refractivity contribution in [1.82, 2.24) is 24.6 Å². The van der Waals surface area contributed by atoms with Gasteiger partial charge in [0.1, 0.15) is 0 Å². The van der Waals surface area contributed by atoms with E-state index in [-0.39, 0.29) is 5.91 Å². The Kier molecular flexibility index (Phi) is 4.54. The molecule has 7 nitrogen and oxygen atoms in total. The lowest BCUT2D eigenvalue weighted by Crippen LogP contribution is -2.61. The second-order valence-corrected chi connectivity index (χ2v) is 10.2. The van der Waals surface area contributed by atoms with E-state index >= 15 is 0 Å². The van der Waals surface area contributed by atoms with E-state index < -0.39 is 0 Å². The fourth-order valence-electron chi connectivity index (χ4n) is 6.68. The number of carbonyl (C=O) groups is 2. The Morgan fingerprint density at radius 1 is 1.10 bits per heavy atom. The molecule has 0 radical (unpaired) electrons. The van der Waals surface area contributed by atoms with Crippen LogP contribution in [0.4, 0.5) is 0 Å². The van der Waals surface area contributed by atoms with Crippen LogP contribution in [0.1, 0.15) is 73.5 Å². The van der Waals surface area contributed by atoms with Crippen LogP contribution in [0.15, 0.2) is 12.3 Å². The highest BCUT2D eigenvalue weighted by Crippen LogP contribution is 2.39. The topological polar surface area (TPSA) is 71.3 Å². The second-order valence-electron chi connectivity index (χ2n) is 10.2. The van der Waals surface area contributed by atoms with Gasteiger partial charge in [-0.25, -0.2) is 9.67 Å². The molecule has 2 amide bonds. The molecule has 164 valence electrons. The highest BCUT2D eigenvalue weighted by atomic mass is 16.2. The summed E-state index contributed by atoms with van der Waals surface area (Å²) in [5, 5.41) is 5.55. The quantitative estimate of drug-likeness (QED) is 0.746. The first-order valence-corrected chi connectivity index (χ1v) is 12.0. The van der Waals surface area contributed by atoms with Crippen LogP contribution in [0.5, 0.6) is 0 Å². The smallest absolute Gasteiger partial charge is 0.254 e. The molecule has 2 bridgehead atoms. The van der Waals surface area contributed by atoms with Crippen LogP contribution in [-0.4, -0.2) is 62.1 Å². The van der Waals surface area contributed by atoms with Crippen molar-refractivity contribution < 1.29 is 9.59 Å². The Labute approximate surface area is 182 Å². The number of aromatic nitrogens is 3. The molecule has 0 N–H and O–H groups in total. The van der Waals surface area contributed by atoms with Gasteiger partial charge < -0.3 is 9.80 Å². The number of hydrogen-bond donors (Lipinski definition) is 0. The van der Waals surface area contributed by atoms with Gasteiger partial charge in [0.05, 0.1) is 23.2 Å². The summed E-state index contributed by atoms with van der Waals surface area (Å²) in [6.45, 7) is 4.28. The van der Waals surface area contributed by atoms with Gasteiger partial charge in [-0.05, 0) is 56.9 Å². The number of amides is 2. The van der Waals surface area contributed by atoms with Gasteiger partial charge in [-0.3, -0.25) is 9.59 Å². The predicted octanol–water partition coefficient (Wildman–Crippen LogP) is 3.33. The molecule has 5 heterocycles. The van der Waals surface area contributed by atoms with Gasteiger partial charge in [-0.1, -0.05) is 12.8 Å². The van der Waals surface area contributed by atoms with Crippen molar-refractivity contribution in [2.24, 2.45) is 11.8 Å². The number of aryl methyl sites for hydroxylation is 1. The molecule has 4 aliphatic rings. The molecule has 1 aliphatic carbocycles. The summed E-state index contributed by atoms with van der Waals surface area (Å²) >= 11 is 0. The van der Waals surface area contributed by atoms with Crippen molar-refractivity contribution >= 4 is 22.8 Å². The van der Waals surface area contributed by atoms with Crippen LogP contribution in [0.3, 0.4) is 0 Å². The summed E-state index contributed by atoms with van der Waals surface area (Å²) in [7, 11) is 0. The maximum absolute atomic E-state index is 13.7. The molecule has 2 aromatic rings. The Bertz CT molecular complexity index is 1040. The fourth-order valence-corrected chi connectivity index (χ4v) is 6.68. The number of fused-ring (bicyclic) bond motifs is 5. The largest absolute Gasteiger partial charge is 0.339 e. The van der Waals surface area contributed by atoms with Crippen molar-refractivity contribution in [3.05, 3.63) is 23.5 Å². The maximum atomic E-state index is 13.7. The van der Waals surface area contributed by atoms with Gasteiger partial charge in [0.2, 0.25) is 5.91 Å². The predicted molar refractivity (Wildman–Crippen MR) is 117 cm³/mol. The molecule has 1 saturated carbocycles. The highest BCUT2D eigenvalue weighted by Gasteiger charge is 2.45. The SMILES string of the molecule is Cc1cc(C(=O)N2C[C@@H]3C[C@@H](C2)C2CCCC(=O)N2C3)c2cnn(C3CCCC3)c2n1. The van der Waals surface area contributed by atoms with Gasteiger partial charge in [0.15, 0.2) is 5.65 Å². The van der Waals surface area contributed by atoms with Crippen molar-refractivity contribution in [2.45, 2.75) is 70.4 Å². The van der Waals surface area contributed by atoms with E-state index in [4.69, 9.17) is 4.98 Å². The standard InChI is InChI=1S/C24H31N5O2/c1-15-9-19(20-11-25-29(23(20)26-15)18-5-2-3-6-18)24(31)27-12-16-10-17(14-27)21-7-4-8-22(30)28(21)13-16/h9,11,16-18,21H,2-8,10,12-14H2,1H3/t16-,17-,21?/m0/s1. The van der Waals surface area contributed by atoms with Crippen LogP contribution < -0.4 is 0 Å². The monoisotopic (exact) mass is 421 g/mol. The summed E-state index contributed by atoms with van der Waals surface area (Å²) in [6.07, 6.45) is 10.5. The van der Waals surface area contributed by atoms with E-state index in [1.807, 2.05) is 19.2 Å². The fraction of sp³-hybridized carbons (Fsp3) is 0.667. The number of hydrogen-bond acceptors (Lipinski definition) is 4. The molecule has 3 atom stereocenters. The third-order valence-electron chi connectivity index (χ3n) is 8.06. The van der Waals surface area contributed by atoms with Crippen LogP contribution >= 0.6 is 0 Å². The van der Waals surface area contributed by atoms with Crippen LogP contribution in [-0.2, 0) is 4.79 Å². The van der Waals surface area contributed by atoms with E-state index in [9.17, 15) is 9.59 Å². The Morgan fingerprint density at radius 3 is 2.77 bits per heavy atom. The lowest BCUT2D eigenvalue weighted by Gasteiger charge is -2.52. The minimum absolute atomic E-state index is 0.103. The summed E-state index contributed by atoms with van der Waals surface area (Å²) < 4.78 is 2.06. The third kappa shape index (κ3) is 3.15. The first kappa shape index (κ1) is 19.3. The lowest BCUT2D eigenvalue weighted by atomic mass is 9.76. The molecule has 3 aliphatic heterocycles. The molecular formula is C24H31N5O2. The lowest BCUT2D eigenvalue weighted by molar-refractivity contribution is -0.144. The van der Waals surface area contributed by atoms with Gasteiger partial charge in [0, 0.05) is 37.8 Å². The zero-order chi connectivity index (χ0) is 21.1. The average Bonchev–Trinajstić information content (AvgIpc) is 3.43. The van der Waals surface area contributed by atoms with Crippen molar-refractivity contribution in [2.75, 3.05) is 19.6 Å². The van der Waals surface area contributed by atoms with Crippen molar-refractivity contribution in [3.63, 3.8) is 0 Å². The van der Waals surface area contributed by atoms with Crippen LogP contribution in [0, 0.1) is 18.8 Å². The number of pyridine rings is 1. The number of piperidine rings is 3. The van der Waals surface area contributed by atoms with E-state index in [1.165, 1.54) is 12.8 Å². The maximum Gasteiger partial charge on any atom is 0.254 e. The Balaban J connectivity index is 1.30. The van der Waals surface area contributed by atoms with E-state index in [0.717, 1.165) is 74.0 Å². The van der Waals surface area contributed by atoms with Crippen LogP contribution in [0.25, 0.3) is 11.0 Å². The molecule has 4 fully saturated rings. The van der Waals surface area contributed by atoms with Gasteiger partial charge in [0.25, 0.3) is 5.91 Å². The van der Waals surface area contributed by atoms with Crippen molar-refractivity contribution in [3.8, 4) is 0 Å². The molecule has 1 unspecified atom stereocenters. The zero-order valence-corrected chi connectivity index (χ0v) is 18.3. The normalized spacial score (nSPS) is 28.9.